The van der Waals surface area contributed by atoms with Crippen LogP contribution in [0, 0.1) is 11.6 Å². The van der Waals surface area contributed by atoms with Crippen molar-refractivity contribution in [2.24, 2.45) is 0 Å². The number of hydrogen-bond acceptors (Lipinski definition) is 4. The summed E-state index contributed by atoms with van der Waals surface area (Å²) in [6.45, 7) is 1.76. The van der Waals surface area contributed by atoms with Crippen molar-refractivity contribution in [1.82, 2.24) is 0 Å². The van der Waals surface area contributed by atoms with Crippen molar-refractivity contribution >= 4 is 17.6 Å². The molecule has 2 rings (SSSR count). The maximum atomic E-state index is 13.4. The molecule has 0 aliphatic carbocycles. The molecule has 0 aliphatic rings. The van der Waals surface area contributed by atoms with Crippen LogP contribution in [0.4, 0.5) is 14.5 Å². The minimum absolute atomic E-state index is 0.483. The molecular weight excluding hydrogens is 320 g/mol. The highest BCUT2D eigenvalue weighted by Gasteiger charge is 2.16. The third-order valence-corrected chi connectivity index (χ3v) is 2.93. The second-order valence-corrected chi connectivity index (χ2v) is 4.71. The molecule has 1 N–H and O–H groups in total. The Morgan fingerprint density at radius 2 is 1.79 bits per heavy atom. The number of benzene rings is 2. The van der Waals surface area contributed by atoms with Gasteiger partial charge in [0.2, 0.25) is 0 Å². The molecule has 1 amide bonds. The Kier molecular flexibility index (Phi) is 5.83. The molecule has 0 spiro atoms. The number of esters is 1. The predicted molar refractivity (Wildman–Crippen MR) is 82.9 cm³/mol. The first kappa shape index (κ1) is 17.4. The first-order valence-electron chi connectivity index (χ1n) is 7.14. The first-order valence-corrected chi connectivity index (χ1v) is 7.14. The lowest BCUT2D eigenvalue weighted by atomic mass is 10.2. The van der Waals surface area contributed by atoms with Gasteiger partial charge in [-0.3, -0.25) is 4.79 Å². The number of ether oxygens (including phenoxy) is 2. The zero-order valence-corrected chi connectivity index (χ0v) is 12.8. The molecule has 5 nitrogen and oxygen atoms in total. The summed E-state index contributed by atoms with van der Waals surface area (Å²) in [4.78, 5) is 23.4. The maximum Gasteiger partial charge on any atom is 0.341 e. The first-order chi connectivity index (χ1) is 11.5. The lowest BCUT2D eigenvalue weighted by Crippen LogP contribution is -2.21. The molecule has 2 aromatic carbocycles. The van der Waals surface area contributed by atoms with Crippen LogP contribution in [0.5, 0.6) is 5.75 Å². The van der Waals surface area contributed by atoms with E-state index in [0.717, 1.165) is 12.1 Å². The van der Waals surface area contributed by atoms with Crippen LogP contribution in [0.25, 0.3) is 0 Å². The molecule has 0 saturated carbocycles. The largest absolute Gasteiger partial charge is 0.494 e. The summed E-state index contributed by atoms with van der Waals surface area (Å²) >= 11 is 0. The van der Waals surface area contributed by atoms with E-state index in [-0.39, 0.29) is 0 Å². The molecule has 2 aromatic rings. The van der Waals surface area contributed by atoms with Crippen molar-refractivity contribution in [2.75, 3.05) is 18.5 Å². The Hall–Kier alpha value is -2.96. The zero-order valence-electron chi connectivity index (χ0n) is 12.8. The molecule has 0 atom stereocenters. The predicted octanol–water partition coefficient (Wildman–Crippen LogP) is 3.16. The van der Waals surface area contributed by atoms with Gasteiger partial charge in [-0.1, -0.05) is 0 Å². The number of carbonyl (C=O) groups is 2. The van der Waals surface area contributed by atoms with Crippen LogP contribution in [0.15, 0.2) is 42.5 Å². The smallest absolute Gasteiger partial charge is 0.341 e. The summed E-state index contributed by atoms with van der Waals surface area (Å²) in [6, 6.07) is 8.99. The van der Waals surface area contributed by atoms with E-state index in [1.165, 1.54) is 0 Å². The summed E-state index contributed by atoms with van der Waals surface area (Å²) in [5.41, 5.74) is -0.0831. The van der Waals surface area contributed by atoms with E-state index in [9.17, 15) is 18.4 Å². The van der Waals surface area contributed by atoms with Crippen LogP contribution in [0.3, 0.4) is 0 Å². The fourth-order valence-corrected chi connectivity index (χ4v) is 1.86. The normalized spacial score (nSPS) is 10.1. The maximum absolute atomic E-state index is 13.4. The molecule has 126 valence electrons. The van der Waals surface area contributed by atoms with E-state index in [1.54, 1.807) is 24.3 Å². The highest BCUT2D eigenvalue weighted by atomic mass is 19.1. The topological polar surface area (TPSA) is 64.6 Å². The van der Waals surface area contributed by atoms with Crippen LogP contribution in [-0.4, -0.2) is 25.1 Å². The van der Waals surface area contributed by atoms with Crippen LogP contribution < -0.4 is 10.1 Å². The molecule has 24 heavy (non-hydrogen) atoms. The second-order valence-electron chi connectivity index (χ2n) is 4.71. The van der Waals surface area contributed by atoms with Gasteiger partial charge >= 0.3 is 5.97 Å². The Bertz CT molecular complexity index is 732. The Labute approximate surface area is 137 Å². The van der Waals surface area contributed by atoms with Crippen molar-refractivity contribution in [3.8, 4) is 5.75 Å². The summed E-state index contributed by atoms with van der Waals surface area (Å²) < 4.78 is 36.4. The summed E-state index contributed by atoms with van der Waals surface area (Å²) in [5, 5.41) is 2.50. The number of amides is 1. The third-order valence-electron chi connectivity index (χ3n) is 2.93. The lowest BCUT2D eigenvalue weighted by molar-refractivity contribution is -0.119. The van der Waals surface area contributed by atoms with Gasteiger partial charge in [-0.05, 0) is 49.4 Å². The molecule has 0 unspecified atom stereocenters. The monoisotopic (exact) mass is 335 g/mol. The second kappa shape index (κ2) is 8.05. The Morgan fingerprint density at radius 3 is 2.46 bits per heavy atom. The van der Waals surface area contributed by atoms with Gasteiger partial charge in [0.1, 0.15) is 17.4 Å². The number of nitrogens with one attached hydrogen (secondary N) is 1. The molecule has 0 saturated heterocycles. The molecule has 0 bridgehead atoms. The summed E-state index contributed by atoms with van der Waals surface area (Å²) in [6.07, 6.45) is 0. The Morgan fingerprint density at radius 1 is 1.08 bits per heavy atom. The molecule has 7 heteroatoms. The number of hydrogen-bond donors (Lipinski definition) is 1. The van der Waals surface area contributed by atoms with Gasteiger partial charge in [0, 0.05) is 5.69 Å². The average Bonchev–Trinajstić information content (AvgIpc) is 2.57. The van der Waals surface area contributed by atoms with Gasteiger partial charge in [-0.15, -0.1) is 0 Å². The average molecular weight is 335 g/mol. The molecule has 0 aliphatic heterocycles. The highest BCUT2D eigenvalue weighted by Crippen LogP contribution is 2.15. The standard InChI is InChI=1S/C17H15F2NO4/c1-2-23-13-6-4-12(5-7-13)20-16(21)10-24-17(22)14-9-11(18)3-8-15(14)19/h3-9H,2,10H2,1H3,(H,20,21). The van der Waals surface area contributed by atoms with E-state index in [0.29, 0.717) is 24.1 Å². The van der Waals surface area contributed by atoms with Crippen molar-refractivity contribution in [3.05, 3.63) is 59.7 Å². The number of rotatable bonds is 6. The van der Waals surface area contributed by atoms with E-state index < -0.39 is 35.7 Å². The van der Waals surface area contributed by atoms with Gasteiger partial charge in [0.15, 0.2) is 6.61 Å². The number of anilines is 1. The van der Waals surface area contributed by atoms with Gasteiger partial charge < -0.3 is 14.8 Å². The molecule has 0 heterocycles. The van der Waals surface area contributed by atoms with Crippen LogP contribution in [-0.2, 0) is 9.53 Å². The van der Waals surface area contributed by atoms with Crippen molar-refractivity contribution in [1.29, 1.82) is 0 Å². The summed E-state index contributed by atoms with van der Waals surface area (Å²) in [7, 11) is 0. The quantitative estimate of drug-likeness (QED) is 0.824. The van der Waals surface area contributed by atoms with Gasteiger partial charge in [0.25, 0.3) is 5.91 Å². The molecule has 0 radical (unpaired) electrons. The van der Waals surface area contributed by atoms with Crippen LogP contribution in [0.1, 0.15) is 17.3 Å². The van der Waals surface area contributed by atoms with E-state index in [2.05, 4.69) is 10.1 Å². The minimum Gasteiger partial charge on any atom is -0.494 e. The van der Waals surface area contributed by atoms with Crippen molar-refractivity contribution in [3.63, 3.8) is 0 Å². The van der Waals surface area contributed by atoms with Crippen LogP contribution in [0.2, 0.25) is 0 Å². The van der Waals surface area contributed by atoms with Crippen LogP contribution >= 0.6 is 0 Å². The molecule has 0 fully saturated rings. The number of halogens is 2. The summed E-state index contributed by atoms with van der Waals surface area (Å²) in [5.74, 6) is -2.77. The van der Waals surface area contributed by atoms with E-state index in [1.807, 2.05) is 6.92 Å². The highest BCUT2D eigenvalue weighted by molar-refractivity contribution is 5.95. The fourth-order valence-electron chi connectivity index (χ4n) is 1.86. The Balaban J connectivity index is 1.88. The molecule has 0 aromatic heterocycles. The lowest BCUT2D eigenvalue weighted by Gasteiger charge is -2.08. The van der Waals surface area contributed by atoms with E-state index in [4.69, 9.17) is 4.74 Å². The van der Waals surface area contributed by atoms with Gasteiger partial charge in [-0.2, -0.15) is 0 Å². The minimum atomic E-state index is -1.12. The zero-order chi connectivity index (χ0) is 17.5. The fraction of sp³-hybridized carbons (Fsp3) is 0.176. The number of carbonyl (C=O) groups excluding carboxylic acids is 2. The van der Waals surface area contributed by atoms with Crippen molar-refractivity contribution < 1.29 is 27.8 Å². The van der Waals surface area contributed by atoms with Gasteiger partial charge in [0.05, 0.1) is 12.2 Å². The SMILES string of the molecule is CCOc1ccc(NC(=O)COC(=O)c2cc(F)ccc2F)cc1. The van der Waals surface area contributed by atoms with Gasteiger partial charge in [-0.25, -0.2) is 13.6 Å². The third kappa shape index (κ3) is 4.77. The van der Waals surface area contributed by atoms with E-state index >= 15 is 0 Å². The van der Waals surface area contributed by atoms with Crippen molar-refractivity contribution in [2.45, 2.75) is 6.92 Å². The molecular formula is C17H15F2NO4.